The number of aromatic carboxylic acids is 1. The van der Waals surface area contributed by atoms with Crippen LogP contribution in [0.5, 0.6) is 0 Å². The van der Waals surface area contributed by atoms with Gasteiger partial charge < -0.3 is 14.7 Å². The fourth-order valence-electron chi connectivity index (χ4n) is 2.91. The second kappa shape index (κ2) is 5.76. The normalized spacial score (nSPS) is 24.0. The summed E-state index contributed by atoms with van der Waals surface area (Å²) in [6.45, 7) is 5.43. The Morgan fingerprint density at radius 1 is 1.35 bits per heavy atom. The first-order valence-corrected chi connectivity index (χ1v) is 7.00. The Morgan fingerprint density at radius 3 is 2.90 bits per heavy atom. The average Bonchev–Trinajstić information content (AvgIpc) is 2.98. The van der Waals surface area contributed by atoms with Crippen LogP contribution in [0, 0.1) is 0 Å². The van der Waals surface area contributed by atoms with Crippen molar-refractivity contribution in [3.63, 3.8) is 0 Å². The molecule has 108 valence electrons. The molecule has 2 saturated heterocycles. The van der Waals surface area contributed by atoms with Crippen LogP contribution in [0.3, 0.4) is 0 Å². The fraction of sp³-hybridized carbons (Fsp3) is 0.571. The molecular weight excluding hydrogens is 258 g/mol. The van der Waals surface area contributed by atoms with E-state index in [1.165, 1.54) is 6.07 Å². The molecule has 1 N–H and O–H groups in total. The Morgan fingerprint density at radius 2 is 2.15 bits per heavy atom. The van der Waals surface area contributed by atoms with Gasteiger partial charge in [0.05, 0.1) is 18.8 Å². The number of pyridine rings is 1. The minimum Gasteiger partial charge on any atom is -0.478 e. The first-order chi connectivity index (χ1) is 9.74. The number of ether oxygens (including phenoxy) is 1. The molecule has 2 fully saturated rings. The molecule has 20 heavy (non-hydrogen) atoms. The first-order valence-electron chi connectivity index (χ1n) is 7.00. The van der Waals surface area contributed by atoms with E-state index in [0.29, 0.717) is 11.6 Å². The van der Waals surface area contributed by atoms with Crippen molar-refractivity contribution in [2.75, 3.05) is 44.3 Å². The van der Waals surface area contributed by atoms with Crippen molar-refractivity contribution in [1.82, 2.24) is 9.88 Å². The van der Waals surface area contributed by atoms with E-state index in [1.807, 2.05) is 0 Å². The molecule has 6 heteroatoms. The largest absolute Gasteiger partial charge is 0.478 e. The fourth-order valence-corrected chi connectivity index (χ4v) is 2.91. The molecule has 0 saturated carbocycles. The number of hydrogen-bond acceptors (Lipinski definition) is 5. The van der Waals surface area contributed by atoms with Gasteiger partial charge in [-0.2, -0.15) is 0 Å². The Hall–Kier alpha value is -1.66. The second-order valence-corrected chi connectivity index (χ2v) is 5.24. The van der Waals surface area contributed by atoms with E-state index in [0.717, 1.165) is 51.6 Å². The van der Waals surface area contributed by atoms with Crippen LogP contribution in [-0.2, 0) is 4.74 Å². The zero-order chi connectivity index (χ0) is 13.9. The highest BCUT2D eigenvalue weighted by molar-refractivity contribution is 5.88. The van der Waals surface area contributed by atoms with Gasteiger partial charge in [-0.3, -0.25) is 4.90 Å². The van der Waals surface area contributed by atoms with E-state index in [1.54, 1.807) is 12.3 Å². The van der Waals surface area contributed by atoms with Crippen molar-refractivity contribution in [3.8, 4) is 0 Å². The highest BCUT2D eigenvalue weighted by Crippen LogP contribution is 2.22. The van der Waals surface area contributed by atoms with Crippen LogP contribution >= 0.6 is 0 Å². The molecule has 0 bridgehead atoms. The number of nitrogens with zero attached hydrogens (tertiary/aromatic N) is 3. The van der Waals surface area contributed by atoms with Gasteiger partial charge in [0.1, 0.15) is 5.82 Å². The molecule has 1 unspecified atom stereocenters. The number of rotatable bonds is 3. The van der Waals surface area contributed by atoms with Gasteiger partial charge in [0.2, 0.25) is 0 Å². The zero-order valence-corrected chi connectivity index (χ0v) is 11.4. The van der Waals surface area contributed by atoms with E-state index in [4.69, 9.17) is 9.84 Å². The molecule has 0 amide bonds. The summed E-state index contributed by atoms with van der Waals surface area (Å²) in [5.41, 5.74) is 0.296. The van der Waals surface area contributed by atoms with Crippen LogP contribution in [0.1, 0.15) is 16.8 Å². The number of morpholine rings is 1. The lowest BCUT2D eigenvalue weighted by molar-refractivity contribution is 0.0209. The molecular formula is C14H19N3O3. The molecule has 6 nitrogen and oxygen atoms in total. The van der Waals surface area contributed by atoms with Crippen LogP contribution in [0.15, 0.2) is 18.3 Å². The molecule has 3 rings (SSSR count). The minimum atomic E-state index is -0.905. The van der Waals surface area contributed by atoms with E-state index >= 15 is 0 Å². The summed E-state index contributed by atoms with van der Waals surface area (Å²) in [7, 11) is 0. The SMILES string of the molecule is O=C(O)c1ccnc(N2CCC(N3CCOCC3)C2)c1. The van der Waals surface area contributed by atoms with Gasteiger partial charge in [-0.05, 0) is 18.6 Å². The monoisotopic (exact) mass is 277 g/mol. The van der Waals surface area contributed by atoms with Gasteiger partial charge in [-0.1, -0.05) is 0 Å². The topological polar surface area (TPSA) is 65.9 Å². The van der Waals surface area contributed by atoms with Crippen LogP contribution < -0.4 is 4.90 Å². The quantitative estimate of drug-likeness (QED) is 0.877. The summed E-state index contributed by atoms with van der Waals surface area (Å²) in [6, 6.07) is 3.71. The van der Waals surface area contributed by atoms with Gasteiger partial charge in [0.25, 0.3) is 0 Å². The number of carboxylic acids is 1. The van der Waals surface area contributed by atoms with E-state index in [9.17, 15) is 4.79 Å². The summed E-state index contributed by atoms with van der Waals surface area (Å²) < 4.78 is 5.38. The third-order valence-corrected chi connectivity index (χ3v) is 4.04. The molecule has 1 atom stereocenters. The van der Waals surface area contributed by atoms with Gasteiger partial charge in [0.15, 0.2) is 0 Å². The van der Waals surface area contributed by atoms with Gasteiger partial charge >= 0.3 is 5.97 Å². The average molecular weight is 277 g/mol. The third kappa shape index (κ3) is 2.76. The predicted octanol–water partition coefficient (Wildman–Crippen LogP) is 0.691. The van der Waals surface area contributed by atoms with Crippen molar-refractivity contribution in [2.45, 2.75) is 12.5 Å². The first kappa shape index (κ1) is 13.3. The number of carboxylic acid groups (broad SMARTS) is 1. The van der Waals surface area contributed by atoms with E-state index in [2.05, 4.69) is 14.8 Å². The summed E-state index contributed by atoms with van der Waals surface area (Å²) in [4.78, 5) is 20.0. The number of anilines is 1. The maximum atomic E-state index is 11.0. The molecule has 1 aromatic heterocycles. The Labute approximate surface area is 118 Å². The van der Waals surface area contributed by atoms with Gasteiger partial charge in [-0.15, -0.1) is 0 Å². The molecule has 0 spiro atoms. The summed E-state index contributed by atoms with van der Waals surface area (Å²) in [5.74, 6) is -0.141. The lowest BCUT2D eigenvalue weighted by Crippen LogP contribution is -2.44. The molecule has 2 aliphatic heterocycles. The molecule has 0 aliphatic carbocycles. The van der Waals surface area contributed by atoms with Crippen LogP contribution in [0.4, 0.5) is 5.82 Å². The maximum absolute atomic E-state index is 11.0. The van der Waals surface area contributed by atoms with Crippen molar-refractivity contribution in [1.29, 1.82) is 0 Å². The highest BCUT2D eigenvalue weighted by atomic mass is 16.5. The van der Waals surface area contributed by atoms with Crippen molar-refractivity contribution >= 4 is 11.8 Å². The minimum absolute atomic E-state index is 0.296. The van der Waals surface area contributed by atoms with Crippen molar-refractivity contribution in [2.24, 2.45) is 0 Å². The lowest BCUT2D eigenvalue weighted by atomic mass is 10.2. The van der Waals surface area contributed by atoms with Crippen molar-refractivity contribution in [3.05, 3.63) is 23.9 Å². The summed E-state index contributed by atoms with van der Waals surface area (Å²) >= 11 is 0. The molecule has 2 aliphatic rings. The standard InChI is InChI=1S/C14H19N3O3/c18-14(19)11-1-3-15-13(9-11)17-4-2-12(10-17)16-5-7-20-8-6-16/h1,3,9,12H,2,4-8,10H2,(H,18,19). The van der Waals surface area contributed by atoms with E-state index in [-0.39, 0.29) is 0 Å². The zero-order valence-electron chi connectivity index (χ0n) is 11.4. The molecule has 0 radical (unpaired) electrons. The Kier molecular flexibility index (Phi) is 3.84. The van der Waals surface area contributed by atoms with Gasteiger partial charge in [0, 0.05) is 38.4 Å². The number of hydrogen-bond donors (Lipinski definition) is 1. The second-order valence-electron chi connectivity index (χ2n) is 5.24. The van der Waals surface area contributed by atoms with Crippen LogP contribution in [0.2, 0.25) is 0 Å². The van der Waals surface area contributed by atoms with Crippen LogP contribution in [-0.4, -0.2) is 66.4 Å². The molecule has 3 heterocycles. The Balaban J connectivity index is 1.67. The maximum Gasteiger partial charge on any atom is 0.335 e. The Bertz CT molecular complexity index is 488. The highest BCUT2D eigenvalue weighted by Gasteiger charge is 2.29. The number of aromatic nitrogens is 1. The molecule has 1 aromatic rings. The molecule has 0 aromatic carbocycles. The van der Waals surface area contributed by atoms with Crippen LogP contribution in [0.25, 0.3) is 0 Å². The summed E-state index contributed by atoms with van der Waals surface area (Å²) in [5, 5.41) is 9.04. The van der Waals surface area contributed by atoms with E-state index < -0.39 is 5.97 Å². The predicted molar refractivity (Wildman–Crippen MR) is 74.2 cm³/mol. The third-order valence-electron chi connectivity index (χ3n) is 4.04. The smallest absolute Gasteiger partial charge is 0.335 e. The van der Waals surface area contributed by atoms with Gasteiger partial charge in [-0.25, -0.2) is 9.78 Å². The van der Waals surface area contributed by atoms with Crippen molar-refractivity contribution < 1.29 is 14.6 Å². The lowest BCUT2D eigenvalue weighted by Gasteiger charge is -2.32. The summed E-state index contributed by atoms with van der Waals surface area (Å²) in [6.07, 6.45) is 2.67. The number of carbonyl (C=O) groups is 1.